The van der Waals surface area contributed by atoms with Gasteiger partial charge in [0.15, 0.2) is 0 Å². The summed E-state index contributed by atoms with van der Waals surface area (Å²) in [5.41, 5.74) is 1.04. The molecule has 6 heteroatoms. The molecule has 1 aromatic rings. The second-order valence-corrected chi connectivity index (χ2v) is 4.18. The Labute approximate surface area is 109 Å². The van der Waals surface area contributed by atoms with Crippen LogP contribution in [0.25, 0.3) is 0 Å². The number of nitrogens with one attached hydrogen (secondary N) is 1. The molecule has 19 heavy (non-hydrogen) atoms. The van der Waals surface area contributed by atoms with Gasteiger partial charge in [-0.15, -0.1) is 0 Å². The summed E-state index contributed by atoms with van der Waals surface area (Å²) in [5.74, 6) is -4.11. The van der Waals surface area contributed by atoms with Crippen LogP contribution >= 0.6 is 0 Å². The van der Waals surface area contributed by atoms with Gasteiger partial charge in [-0.2, -0.15) is 8.78 Å². The van der Waals surface area contributed by atoms with Crippen LogP contribution < -0.4 is 5.32 Å². The molecule has 0 spiro atoms. The highest BCUT2D eigenvalue weighted by atomic mass is 19.3. The summed E-state index contributed by atoms with van der Waals surface area (Å²) >= 11 is 0. The Balaban J connectivity index is 2.88. The molecule has 2 nitrogen and oxygen atoms in total. The van der Waals surface area contributed by atoms with E-state index in [0.717, 1.165) is 5.56 Å². The van der Waals surface area contributed by atoms with E-state index in [0.29, 0.717) is 13.0 Å². The van der Waals surface area contributed by atoms with E-state index >= 15 is 0 Å². The minimum absolute atomic E-state index is 0.133. The molecular formula is C13H17F4NO. The standard InChI is InChI=1S/C13H17F4NO/c1-18-11(13(16,17)12(14)15)10-5-3-9(4-6-10)7-8-19-2/h3-6,11-12,18H,7-8H2,1-2H3. The van der Waals surface area contributed by atoms with E-state index in [4.69, 9.17) is 4.74 Å². The van der Waals surface area contributed by atoms with Gasteiger partial charge in [0.1, 0.15) is 6.04 Å². The molecule has 0 saturated heterocycles. The Morgan fingerprint density at radius 3 is 2.21 bits per heavy atom. The van der Waals surface area contributed by atoms with Gasteiger partial charge in [0.2, 0.25) is 0 Å². The third-order valence-electron chi connectivity index (χ3n) is 2.87. The lowest BCUT2D eigenvalue weighted by Gasteiger charge is -2.26. The molecule has 0 aliphatic heterocycles. The lowest BCUT2D eigenvalue weighted by molar-refractivity contribution is -0.150. The van der Waals surface area contributed by atoms with Gasteiger partial charge in [-0.25, -0.2) is 8.78 Å². The fourth-order valence-electron chi connectivity index (χ4n) is 1.80. The van der Waals surface area contributed by atoms with Crippen LogP contribution in [0.5, 0.6) is 0 Å². The van der Waals surface area contributed by atoms with Crippen molar-refractivity contribution in [3.63, 3.8) is 0 Å². The van der Waals surface area contributed by atoms with Crippen molar-refractivity contribution in [1.29, 1.82) is 0 Å². The highest BCUT2D eigenvalue weighted by Gasteiger charge is 2.48. The first-order valence-corrected chi connectivity index (χ1v) is 5.84. The van der Waals surface area contributed by atoms with Gasteiger partial charge in [-0.1, -0.05) is 24.3 Å². The molecule has 0 aromatic heterocycles. The zero-order valence-corrected chi connectivity index (χ0v) is 10.8. The third-order valence-corrected chi connectivity index (χ3v) is 2.87. The van der Waals surface area contributed by atoms with Crippen LogP contribution in [-0.2, 0) is 11.2 Å². The number of hydrogen-bond acceptors (Lipinski definition) is 2. The molecule has 0 saturated carbocycles. The molecule has 1 rings (SSSR count). The lowest BCUT2D eigenvalue weighted by atomic mass is 9.99. The van der Waals surface area contributed by atoms with Gasteiger partial charge >= 0.3 is 12.3 Å². The molecule has 1 N–H and O–H groups in total. The molecule has 0 fully saturated rings. The number of methoxy groups -OCH3 is 1. The molecule has 108 valence electrons. The monoisotopic (exact) mass is 279 g/mol. The minimum Gasteiger partial charge on any atom is -0.384 e. The molecular weight excluding hydrogens is 262 g/mol. The van der Waals surface area contributed by atoms with Crippen molar-refractivity contribution in [2.45, 2.75) is 24.8 Å². The van der Waals surface area contributed by atoms with Crippen molar-refractivity contribution in [3.8, 4) is 0 Å². The summed E-state index contributed by atoms with van der Waals surface area (Å²) in [5, 5.41) is 2.25. The van der Waals surface area contributed by atoms with Crippen molar-refractivity contribution >= 4 is 0 Å². The first kappa shape index (κ1) is 15.9. The fourth-order valence-corrected chi connectivity index (χ4v) is 1.80. The van der Waals surface area contributed by atoms with Gasteiger partial charge in [-0.3, -0.25) is 0 Å². The first-order valence-electron chi connectivity index (χ1n) is 5.84. The molecule has 1 aromatic carbocycles. The van der Waals surface area contributed by atoms with Crippen molar-refractivity contribution < 1.29 is 22.3 Å². The number of hydrogen-bond donors (Lipinski definition) is 1. The van der Waals surface area contributed by atoms with Gasteiger partial charge in [-0.05, 0) is 24.6 Å². The van der Waals surface area contributed by atoms with E-state index in [1.807, 2.05) is 0 Å². The Morgan fingerprint density at radius 2 is 1.79 bits per heavy atom. The van der Waals surface area contributed by atoms with Gasteiger partial charge in [0, 0.05) is 7.11 Å². The van der Waals surface area contributed by atoms with Crippen molar-refractivity contribution in [1.82, 2.24) is 5.32 Å². The van der Waals surface area contributed by atoms with Crippen LogP contribution in [0.4, 0.5) is 17.6 Å². The topological polar surface area (TPSA) is 21.3 Å². The summed E-state index contributed by atoms with van der Waals surface area (Å²) in [6.07, 6.45) is -3.06. The summed E-state index contributed by atoms with van der Waals surface area (Å²) < 4.78 is 56.4. The average molecular weight is 279 g/mol. The Hall–Kier alpha value is -1.14. The number of halogens is 4. The van der Waals surface area contributed by atoms with Crippen LogP contribution in [0.2, 0.25) is 0 Å². The molecule has 0 amide bonds. The van der Waals surface area contributed by atoms with E-state index in [2.05, 4.69) is 5.32 Å². The normalized spacial score (nSPS) is 13.8. The highest BCUT2D eigenvalue weighted by Crippen LogP contribution is 2.36. The van der Waals surface area contributed by atoms with Crippen molar-refractivity contribution in [2.24, 2.45) is 0 Å². The lowest BCUT2D eigenvalue weighted by Crippen LogP contribution is -2.41. The van der Waals surface area contributed by atoms with Crippen LogP contribution in [0.1, 0.15) is 17.2 Å². The van der Waals surface area contributed by atoms with Crippen LogP contribution in [0, 0.1) is 0 Å². The second kappa shape index (κ2) is 6.86. The Morgan fingerprint density at radius 1 is 1.21 bits per heavy atom. The Bertz CT molecular complexity index is 381. The maximum atomic E-state index is 13.4. The van der Waals surface area contributed by atoms with E-state index < -0.39 is 18.4 Å². The largest absolute Gasteiger partial charge is 0.384 e. The maximum Gasteiger partial charge on any atom is 0.326 e. The second-order valence-electron chi connectivity index (χ2n) is 4.18. The number of benzene rings is 1. The van der Waals surface area contributed by atoms with E-state index in [1.165, 1.54) is 19.2 Å². The van der Waals surface area contributed by atoms with E-state index in [1.54, 1.807) is 19.2 Å². The van der Waals surface area contributed by atoms with Gasteiger partial charge in [0.25, 0.3) is 0 Å². The molecule has 1 atom stereocenters. The maximum absolute atomic E-state index is 13.4. The summed E-state index contributed by atoms with van der Waals surface area (Å²) in [7, 11) is 2.80. The summed E-state index contributed by atoms with van der Waals surface area (Å²) in [6, 6.07) is 4.44. The molecule has 0 aliphatic rings. The van der Waals surface area contributed by atoms with Gasteiger partial charge in [0.05, 0.1) is 6.61 Å². The fraction of sp³-hybridized carbons (Fsp3) is 0.538. The highest BCUT2D eigenvalue weighted by molar-refractivity contribution is 5.27. The zero-order chi connectivity index (χ0) is 14.5. The number of alkyl halides is 4. The smallest absolute Gasteiger partial charge is 0.326 e. The van der Waals surface area contributed by atoms with E-state index in [9.17, 15) is 17.6 Å². The SMILES string of the molecule is CNC(c1ccc(CCOC)cc1)C(F)(F)C(F)F. The van der Waals surface area contributed by atoms with Crippen molar-refractivity contribution in [3.05, 3.63) is 35.4 Å². The average Bonchev–Trinajstić information content (AvgIpc) is 2.38. The van der Waals surface area contributed by atoms with Crippen molar-refractivity contribution in [2.75, 3.05) is 20.8 Å². The van der Waals surface area contributed by atoms with Crippen LogP contribution in [0.15, 0.2) is 24.3 Å². The zero-order valence-electron chi connectivity index (χ0n) is 10.8. The molecule has 0 radical (unpaired) electrons. The molecule has 1 unspecified atom stereocenters. The quantitative estimate of drug-likeness (QED) is 0.775. The third kappa shape index (κ3) is 3.91. The van der Waals surface area contributed by atoms with Crippen LogP contribution in [0.3, 0.4) is 0 Å². The predicted molar refractivity (Wildman–Crippen MR) is 64.8 cm³/mol. The molecule has 0 bridgehead atoms. The Kier molecular flexibility index (Phi) is 5.75. The number of ether oxygens (including phenoxy) is 1. The van der Waals surface area contributed by atoms with E-state index in [-0.39, 0.29) is 5.56 Å². The number of rotatable bonds is 7. The first-order chi connectivity index (χ1) is 8.93. The summed E-state index contributed by atoms with van der Waals surface area (Å²) in [4.78, 5) is 0. The molecule has 0 heterocycles. The predicted octanol–water partition coefficient (Wildman–Crippen LogP) is 3.04. The summed E-state index contributed by atoms with van der Waals surface area (Å²) in [6.45, 7) is 0.516. The van der Waals surface area contributed by atoms with Crippen LogP contribution in [-0.4, -0.2) is 33.1 Å². The van der Waals surface area contributed by atoms with Gasteiger partial charge < -0.3 is 10.1 Å². The molecule has 0 aliphatic carbocycles. The minimum atomic E-state index is -4.11.